The van der Waals surface area contributed by atoms with Gasteiger partial charge in [0.2, 0.25) is 0 Å². The van der Waals surface area contributed by atoms with Crippen molar-refractivity contribution in [3.05, 3.63) is 26.4 Å². The standard InChI is InChI=1S/C11H16N4O3/c1-14-9(12)8(10(17)15(2)11(14)18)7(16)5-13-6-3-4-6/h6,13H,3-5,12H2,1-2H3. The molecule has 1 aliphatic carbocycles. The molecule has 1 aliphatic rings. The number of anilines is 1. The van der Waals surface area contributed by atoms with Crippen molar-refractivity contribution in [1.82, 2.24) is 14.5 Å². The second-order valence-corrected chi connectivity index (χ2v) is 4.54. The molecular formula is C11H16N4O3. The van der Waals surface area contributed by atoms with Crippen LogP contribution in [0.5, 0.6) is 0 Å². The minimum absolute atomic E-state index is 0.0717. The van der Waals surface area contributed by atoms with Crippen molar-refractivity contribution < 1.29 is 4.79 Å². The lowest BCUT2D eigenvalue weighted by atomic mass is 10.2. The number of Topliss-reactive ketones (excluding diaryl/α,β-unsaturated/α-hetero) is 1. The molecule has 98 valence electrons. The lowest BCUT2D eigenvalue weighted by Gasteiger charge is -2.10. The van der Waals surface area contributed by atoms with E-state index in [0.717, 1.165) is 22.0 Å². The van der Waals surface area contributed by atoms with Gasteiger partial charge in [0.25, 0.3) is 5.56 Å². The number of rotatable bonds is 4. The Kier molecular flexibility index (Phi) is 3.08. The number of nitrogens with two attached hydrogens (primary N) is 1. The van der Waals surface area contributed by atoms with Crippen LogP contribution in [0.3, 0.4) is 0 Å². The van der Waals surface area contributed by atoms with Crippen LogP contribution < -0.4 is 22.3 Å². The molecule has 18 heavy (non-hydrogen) atoms. The van der Waals surface area contributed by atoms with Crippen LogP contribution in [0, 0.1) is 0 Å². The number of nitrogens with one attached hydrogen (secondary N) is 1. The summed E-state index contributed by atoms with van der Waals surface area (Å²) in [6, 6.07) is 0.367. The maximum absolute atomic E-state index is 12.0. The van der Waals surface area contributed by atoms with E-state index in [1.165, 1.54) is 14.1 Å². The summed E-state index contributed by atoms with van der Waals surface area (Å²) in [5.74, 6) is -0.457. The number of aromatic nitrogens is 2. The fourth-order valence-electron chi connectivity index (χ4n) is 1.73. The van der Waals surface area contributed by atoms with Crippen LogP contribution in [0.4, 0.5) is 5.82 Å². The van der Waals surface area contributed by atoms with Gasteiger partial charge in [0, 0.05) is 20.1 Å². The third kappa shape index (κ3) is 2.08. The van der Waals surface area contributed by atoms with E-state index in [-0.39, 0.29) is 23.7 Å². The smallest absolute Gasteiger partial charge is 0.332 e. The minimum Gasteiger partial charge on any atom is -0.384 e. The molecule has 7 nitrogen and oxygen atoms in total. The highest BCUT2D eigenvalue weighted by Gasteiger charge is 2.24. The fourth-order valence-corrected chi connectivity index (χ4v) is 1.73. The summed E-state index contributed by atoms with van der Waals surface area (Å²) in [5.41, 5.74) is 4.38. The lowest BCUT2D eigenvalue weighted by Crippen LogP contribution is -2.43. The highest BCUT2D eigenvalue weighted by molar-refractivity contribution is 6.01. The fraction of sp³-hybridized carbons (Fsp3) is 0.545. The van der Waals surface area contributed by atoms with Crippen molar-refractivity contribution in [3.8, 4) is 0 Å². The van der Waals surface area contributed by atoms with Crippen LogP contribution in [-0.4, -0.2) is 27.5 Å². The monoisotopic (exact) mass is 252 g/mol. The van der Waals surface area contributed by atoms with Gasteiger partial charge in [-0.25, -0.2) is 4.79 Å². The Morgan fingerprint density at radius 1 is 1.33 bits per heavy atom. The predicted octanol–water partition coefficient (Wildman–Crippen LogP) is -1.40. The number of carbonyl (C=O) groups is 1. The van der Waals surface area contributed by atoms with Crippen molar-refractivity contribution in [1.29, 1.82) is 0 Å². The second kappa shape index (κ2) is 4.41. The highest BCUT2D eigenvalue weighted by Crippen LogP contribution is 2.18. The summed E-state index contributed by atoms with van der Waals surface area (Å²) in [6.07, 6.45) is 2.10. The second-order valence-electron chi connectivity index (χ2n) is 4.54. The Morgan fingerprint density at radius 2 is 1.94 bits per heavy atom. The molecule has 0 spiro atoms. The molecule has 0 unspecified atom stereocenters. The zero-order chi connectivity index (χ0) is 13.4. The number of ketones is 1. The molecular weight excluding hydrogens is 236 g/mol. The molecule has 0 aliphatic heterocycles. The average molecular weight is 252 g/mol. The molecule has 1 aromatic heterocycles. The molecule has 1 fully saturated rings. The number of nitrogens with zero attached hydrogens (tertiary/aromatic N) is 2. The van der Waals surface area contributed by atoms with E-state index in [1.54, 1.807) is 0 Å². The number of hydrogen-bond acceptors (Lipinski definition) is 5. The molecule has 1 saturated carbocycles. The molecule has 2 rings (SSSR count). The van der Waals surface area contributed by atoms with E-state index in [2.05, 4.69) is 5.32 Å². The van der Waals surface area contributed by atoms with Gasteiger partial charge in [0.05, 0.1) is 6.54 Å². The van der Waals surface area contributed by atoms with E-state index in [1.807, 2.05) is 0 Å². The highest BCUT2D eigenvalue weighted by atomic mass is 16.2. The van der Waals surface area contributed by atoms with Crippen molar-refractivity contribution >= 4 is 11.6 Å². The zero-order valence-corrected chi connectivity index (χ0v) is 10.4. The van der Waals surface area contributed by atoms with Gasteiger partial charge in [-0.1, -0.05) is 0 Å². The predicted molar refractivity (Wildman–Crippen MR) is 66.7 cm³/mol. The maximum atomic E-state index is 12.0. The summed E-state index contributed by atoms with van der Waals surface area (Å²) >= 11 is 0. The van der Waals surface area contributed by atoms with Crippen LogP contribution in [0.1, 0.15) is 23.2 Å². The van der Waals surface area contributed by atoms with Crippen LogP contribution in [0.2, 0.25) is 0 Å². The van der Waals surface area contributed by atoms with Gasteiger partial charge in [-0.3, -0.25) is 18.7 Å². The Bertz CT molecular complexity index is 610. The zero-order valence-electron chi connectivity index (χ0n) is 10.4. The first-order valence-electron chi connectivity index (χ1n) is 5.75. The summed E-state index contributed by atoms with van der Waals surface area (Å²) in [7, 11) is 2.76. The number of carbonyl (C=O) groups excluding carboxylic acids is 1. The Labute approximate surface area is 103 Å². The molecule has 7 heteroatoms. The van der Waals surface area contributed by atoms with E-state index < -0.39 is 11.2 Å². The van der Waals surface area contributed by atoms with Gasteiger partial charge in [-0.05, 0) is 12.8 Å². The SMILES string of the molecule is Cn1c(N)c(C(=O)CNC2CC2)c(=O)n(C)c1=O. The molecule has 1 aromatic rings. The van der Waals surface area contributed by atoms with E-state index >= 15 is 0 Å². The van der Waals surface area contributed by atoms with E-state index in [9.17, 15) is 14.4 Å². The molecule has 3 N–H and O–H groups in total. The average Bonchev–Trinajstić information content (AvgIpc) is 3.15. The first-order valence-corrected chi connectivity index (χ1v) is 5.75. The molecule has 0 bridgehead atoms. The van der Waals surface area contributed by atoms with E-state index in [0.29, 0.717) is 6.04 Å². The van der Waals surface area contributed by atoms with Gasteiger partial charge in [-0.15, -0.1) is 0 Å². The molecule has 0 atom stereocenters. The maximum Gasteiger partial charge on any atom is 0.332 e. The van der Waals surface area contributed by atoms with Gasteiger partial charge in [0.15, 0.2) is 5.78 Å². The first kappa shape index (κ1) is 12.6. The lowest BCUT2D eigenvalue weighted by molar-refractivity contribution is 0.0988. The summed E-state index contributed by atoms with van der Waals surface area (Å²) in [6.45, 7) is 0.0717. The number of hydrogen-bond donors (Lipinski definition) is 2. The largest absolute Gasteiger partial charge is 0.384 e. The van der Waals surface area contributed by atoms with Gasteiger partial charge >= 0.3 is 5.69 Å². The Balaban J connectivity index is 2.40. The quantitative estimate of drug-likeness (QED) is 0.642. The minimum atomic E-state index is -0.641. The molecule has 0 radical (unpaired) electrons. The third-order valence-electron chi connectivity index (χ3n) is 3.12. The first-order chi connectivity index (χ1) is 8.43. The molecule has 0 saturated heterocycles. The van der Waals surface area contributed by atoms with E-state index in [4.69, 9.17) is 5.73 Å². The Morgan fingerprint density at radius 3 is 2.50 bits per heavy atom. The summed E-state index contributed by atoms with van der Waals surface area (Å²) in [4.78, 5) is 35.4. The Hall–Kier alpha value is -1.89. The topological polar surface area (TPSA) is 99.1 Å². The van der Waals surface area contributed by atoms with Crippen molar-refractivity contribution in [2.24, 2.45) is 14.1 Å². The van der Waals surface area contributed by atoms with Crippen molar-refractivity contribution in [3.63, 3.8) is 0 Å². The number of nitrogen functional groups attached to an aromatic ring is 1. The van der Waals surface area contributed by atoms with Gasteiger partial charge in [-0.2, -0.15) is 0 Å². The van der Waals surface area contributed by atoms with Gasteiger partial charge < -0.3 is 11.1 Å². The normalized spacial score (nSPS) is 14.8. The van der Waals surface area contributed by atoms with Crippen LogP contribution in [-0.2, 0) is 14.1 Å². The summed E-state index contributed by atoms with van der Waals surface area (Å²) < 4.78 is 1.99. The van der Waals surface area contributed by atoms with Crippen LogP contribution >= 0.6 is 0 Å². The molecule has 0 amide bonds. The van der Waals surface area contributed by atoms with Gasteiger partial charge in [0.1, 0.15) is 11.4 Å². The summed E-state index contributed by atoms with van der Waals surface area (Å²) in [5, 5.41) is 3.02. The van der Waals surface area contributed by atoms with Crippen molar-refractivity contribution in [2.75, 3.05) is 12.3 Å². The third-order valence-corrected chi connectivity index (χ3v) is 3.12. The van der Waals surface area contributed by atoms with Crippen molar-refractivity contribution in [2.45, 2.75) is 18.9 Å². The molecule has 1 heterocycles. The van der Waals surface area contributed by atoms with Crippen LogP contribution in [0.25, 0.3) is 0 Å². The molecule has 0 aromatic carbocycles. The van der Waals surface area contributed by atoms with Crippen LogP contribution in [0.15, 0.2) is 9.59 Å².